The van der Waals surface area contributed by atoms with Gasteiger partial charge in [-0.15, -0.1) is 10.2 Å². The van der Waals surface area contributed by atoms with E-state index in [2.05, 4.69) is 69.9 Å². The summed E-state index contributed by atoms with van der Waals surface area (Å²) in [7, 11) is 0. The Morgan fingerprint density at radius 1 is 1.06 bits per heavy atom. The van der Waals surface area contributed by atoms with E-state index in [9.17, 15) is 0 Å². The molecule has 6 rings (SSSR count). The molecule has 2 fully saturated rings. The zero-order valence-corrected chi connectivity index (χ0v) is 19.0. The maximum absolute atomic E-state index is 6.78. The molecule has 1 aliphatic carbocycles. The lowest BCUT2D eigenvalue weighted by atomic mass is 9.82. The summed E-state index contributed by atoms with van der Waals surface area (Å²) >= 11 is 6.78. The summed E-state index contributed by atoms with van der Waals surface area (Å²) in [5, 5.41) is 9.54. The molecule has 2 aromatic heterocycles. The fourth-order valence-electron chi connectivity index (χ4n) is 5.54. The number of hydrogen-bond acceptors (Lipinski definition) is 4. The van der Waals surface area contributed by atoms with Gasteiger partial charge in [-0.1, -0.05) is 35.9 Å². The van der Waals surface area contributed by atoms with Crippen LogP contribution in [0.2, 0.25) is 5.02 Å². The molecule has 0 radical (unpaired) electrons. The Hall–Kier alpha value is -1.95. The Balaban J connectivity index is 1.19. The number of halogens is 1. The summed E-state index contributed by atoms with van der Waals surface area (Å²) in [5.41, 5.74) is 4.26. The van der Waals surface area contributed by atoms with Crippen molar-refractivity contribution in [1.82, 2.24) is 19.5 Å². The molecule has 31 heavy (non-hydrogen) atoms. The monoisotopic (exact) mass is 436 g/mol. The standard InChI is InChI=1S/C25H29ClN4O/c1-24(2)19-5-3-4-6-20(19)25(31-24)10-13-29(14-11-25)16-18-9-12-30-21(15-17-7-8-17)27-28-23(30)22(18)26/h3-6,9,12,17H,7-8,10-11,13-16H2,1-2H3. The van der Waals surface area contributed by atoms with Gasteiger partial charge >= 0.3 is 0 Å². The van der Waals surface area contributed by atoms with Crippen LogP contribution < -0.4 is 0 Å². The van der Waals surface area contributed by atoms with Gasteiger partial charge < -0.3 is 4.74 Å². The van der Waals surface area contributed by atoms with Gasteiger partial charge in [0.15, 0.2) is 5.65 Å². The first kappa shape index (κ1) is 19.7. The van der Waals surface area contributed by atoms with Crippen LogP contribution in [0, 0.1) is 5.92 Å². The van der Waals surface area contributed by atoms with Gasteiger partial charge in [0.25, 0.3) is 0 Å². The molecule has 1 aromatic carbocycles. The van der Waals surface area contributed by atoms with E-state index in [-0.39, 0.29) is 11.2 Å². The minimum atomic E-state index is -0.223. The first-order valence-corrected chi connectivity index (χ1v) is 11.9. The molecule has 6 heteroatoms. The highest BCUT2D eigenvalue weighted by Crippen LogP contribution is 2.51. The maximum atomic E-state index is 6.78. The van der Waals surface area contributed by atoms with E-state index < -0.39 is 0 Å². The Morgan fingerprint density at radius 2 is 1.81 bits per heavy atom. The van der Waals surface area contributed by atoms with Crippen molar-refractivity contribution in [2.24, 2.45) is 5.92 Å². The van der Waals surface area contributed by atoms with Crippen LogP contribution in [0.25, 0.3) is 5.65 Å². The van der Waals surface area contributed by atoms with Crippen LogP contribution in [-0.4, -0.2) is 32.6 Å². The molecule has 0 N–H and O–H groups in total. The smallest absolute Gasteiger partial charge is 0.179 e. The first-order chi connectivity index (χ1) is 15.0. The quantitative estimate of drug-likeness (QED) is 0.571. The summed E-state index contributed by atoms with van der Waals surface area (Å²) < 4.78 is 8.76. The molecule has 3 aliphatic rings. The van der Waals surface area contributed by atoms with Gasteiger partial charge in [0.05, 0.1) is 16.2 Å². The number of fused-ring (bicyclic) bond motifs is 3. The van der Waals surface area contributed by atoms with Crippen LogP contribution in [0.1, 0.15) is 62.0 Å². The van der Waals surface area contributed by atoms with Crippen LogP contribution in [0.5, 0.6) is 0 Å². The van der Waals surface area contributed by atoms with Gasteiger partial charge in [-0.3, -0.25) is 9.30 Å². The highest BCUT2D eigenvalue weighted by atomic mass is 35.5. The van der Waals surface area contributed by atoms with Crippen LogP contribution in [0.4, 0.5) is 0 Å². The molecule has 1 spiro atoms. The van der Waals surface area contributed by atoms with Gasteiger partial charge in [-0.2, -0.15) is 0 Å². The number of hydrogen-bond donors (Lipinski definition) is 0. The second kappa shape index (κ2) is 7.03. The number of aromatic nitrogens is 3. The second-order valence-electron chi connectivity index (χ2n) is 10.0. The number of pyridine rings is 1. The zero-order chi connectivity index (χ0) is 21.2. The summed E-state index contributed by atoms with van der Waals surface area (Å²) in [6.07, 6.45) is 7.72. The number of piperidine rings is 1. The number of rotatable bonds is 4. The normalized spacial score (nSPS) is 22.3. The Bertz CT molecular complexity index is 1140. The summed E-state index contributed by atoms with van der Waals surface area (Å²) in [4.78, 5) is 2.49. The summed E-state index contributed by atoms with van der Waals surface area (Å²) in [5.74, 6) is 1.81. The van der Waals surface area contributed by atoms with E-state index in [0.29, 0.717) is 0 Å². The molecular formula is C25H29ClN4O. The lowest BCUT2D eigenvalue weighted by Crippen LogP contribution is -2.43. The molecular weight excluding hydrogens is 408 g/mol. The fraction of sp³-hybridized carbons (Fsp3) is 0.520. The Morgan fingerprint density at radius 3 is 2.55 bits per heavy atom. The molecule has 0 amide bonds. The molecule has 0 atom stereocenters. The third-order valence-corrected chi connectivity index (χ3v) is 7.82. The van der Waals surface area contributed by atoms with Crippen LogP contribution in [0.3, 0.4) is 0 Å². The molecule has 1 saturated heterocycles. The number of likely N-dealkylation sites (tertiary alicyclic amines) is 1. The van der Waals surface area contributed by atoms with Crippen molar-refractivity contribution in [2.45, 2.75) is 63.7 Å². The lowest BCUT2D eigenvalue weighted by Gasteiger charge is -2.40. The molecule has 5 nitrogen and oxygen atoms in total. The largest absolute Gasteiger partial charge is 0.360 e. The van der Waals surface area contributed by atoms with E-state index in [0.717, 1.165) is 66.9 Å². The van der Waals surface area contributed by atoms with E-state index in [1.807, 2.05) is 0 Å². The van der Waals surface area contributed by atoms with Crippen LogP contribution >= 0.6 is 11.6 Å². The molecule has 1 saturated carbocycles. The second-order valence-corrected chi connectivity index (χ2v) is 10.4. The minimum Gasteiger partial charge on any atom is -0.360 e. The van der Waals surface area contributed by atoms with Gasteiger partial charge in [-0.25, -0.2) is 0 Å². The topological polar surface area (TPSA) is 42.7 Å². The average Bonchev–Trinajstić information content (AvgIpc) is 3.44. The average molecular weight is 437 g/mol. The van der Waals surface area contributed by atoms with Crippen LogP contribution in [0.15, 0.2) is 36.5 Å². The molecule has 3 aromatic rings. The highest BCUT2D eigenvalue weighted by molar-refractivity contribution is 6.34. The highest BCUT2D eigenvalue weighted by Gasteiger charge is 2.49. The van der Waals surface area contributed by atoms with Crippen molar-refractivity contribution < 1.29 is 4.74 Å². The van der Waals surface area contributed by atoms with Gasteiger partial charge in [0.1, 0.15) is 5.82 Å². The predicted molar refractivity (Wildman–Crippen MR) is 121 cm³/mol. The lowest BCUT2D eigenvalue weighted by molar-refractivity contribution is -0.150. The third-order valence-electron chi connectivity index (χ3n) is 7.41. The van der Waals surface area contributed by atoms with Gasteiger partial charge in [0.2, 0.25) is 0 Å². The number of nitrogens with zero attached hydrogens (tertiary/aromatic N) is 4. The van der Waals surface area contributed by atoms with Crippen molar-refractivity contribution in [2.75, 3.05) is 13.1 Å². The Kier molecular flexibility index (Phi) is 4.47. The molecule has 0 unspecified atom stereocenters. The minimum absolute atomic E-state index is 0.158. The number of benzene rings is 1. The van der Waals surface area contributed by atoms with E-state index in [1.54, 1.807) is 0 Å². The van der Waals surface area contributed by atoms with E-state index >= 15 is 0 Å². The zero-order valence-electron chi connectivity index (χ0n) is 18.3. The molecule has 4 heterocycles. The van der Waals surface area contributed by atoms with Gasteiger partial charge in [0, 0.05) is 32.3 Å². The predicted octanol–water partition coefficient (Wildman–Crippen LogP) is 5.09. The van der Waals surface area contributed by atoms with Crippen LogP contribution in [-0.2, 0) is 28.9 Å². The summed E-state index contributed by atoms with van der Waals surface area (Å²) in [6, 6.07) is 10.9. The number of ether oxygens (including phenoxy) is 1. The van der Waals surface area contributed by atoms with Gasteiger partial charge in [-0.05, 0) is 68.2 Å². The van der Waals surface area contributed by atoms with Crippen molar-refractivity contribution >= 4 is 17.2 Å². The van der Waals surface area contributed by atoms with E-state index in [1.165, 1.54) is 24.0 Å². The third kappa shape index (κ3) is 3.29. The molecule has 2 aliphatic heterocycles. The van der Waals surface area contributed by atoms with E-state index in [4.69, 9.17) is 16.3 Å². The fourth-order valence-corrected chi connectivity index (χ4v) is 5.79. The summed E-state index contributed by atoms with van der Waals surface area (Å²) in [6.45, 7) is 7.20. The first-order valence-electron chi connectivity index (χ1n) is 11.5. The molecule has 0 bridgehead atoms. The van der Waals surface area contributed by atoms with Crippen molar-refractivity contribution in [3.8, 4) is 0 Å². The SMILES string of the molecule is CC1(C)OC2(CCN(Cc3ccn4c(CC5CC5)nnc4c3Cl)CC2)c2ccccc21. The molecule has 162 valence electrons. The van der Waals surface area contributed by atoms with Crippen molar-refractivity contribution in [3.05, 3.63) is 64.1 Å². The maximum Gasteiger partial charge on any atom is 0.179 e. The van der Waals surface area contributed by atoms with Crippen molar-refractivity contribution in [3.63, 3.8) is 0 Å². The van der Waals surface area contributed by atoms with Crippen molar-refractivity contribution in [1.29, 1.82) is 0 Å². The Labute approximate surface area is 188 Å².